The van der Waals surface area contributed by atoms with Crippen LogP contribution in [0, 0.1) is 11.3 Å². The molecule has 1 unspecified atom stereocenters. The van der Waals surface area contributed by atoms with E-state index in [9.17, 15) is 5.26 Å². The lowest BCUT2D eigenvalue weighted by Crippen LogP contribution is -2.48. The van der Waals surface area contributed by atoms with Gasteiger partial charge in [-0.3, -0.25) is 0 Å². The van der Waals surface area contributed by atoms with Crippen LogP contribution in [0.5, 0.6) is 0 Å². The maximum atomic E-state index is 9.62. The summed E-state index contributed by atoms with van der Waals surface area (Å²) in [5, 5.41) is 11.5. The minimum Gasteiger partial charge on any atom is -0.400 e. The zero-order chi connectivity index (χ0) is 14.4. The zero-order valence-corrected chi connectivity index (χ0v) is 12.0. The van der Waals surface area contributed by atoms with E-state index in [2.05, 4.69) is 19.9 Å². The van der Waals surface area contributed by atoms with Crippen molar-refractivity contribution in [1.82, 2.24) is 5.06 Å². The quantitative estimate of drug-likeness (QED) is 0.828. The largest absolute Gasteiger partial charge is 0.400 e. The summed E-state index contributed by atoms with van der Waals surface area (Å²) in [6.07, 6.45) is 0.676. The lowest BCUT2D eigenvalue weighted by atomic mass is 9.96. The molecule has 0 bridgehead atoms. The minimum atomic E-state index is -0.747. The van der Waals surface area contributed by atoms with E-state index in [1.54, 1.807) is 0 Å². The van der Waals surface area contributed by atoms with Crippen molar-refractivity contribution in [3.05, 3.63) is 41.5 Å². The molecule has 4 heteroatoms. The fourth-order valence-electron chi connectivity index (χ4n) is 2.93. The summed E-state index contributed by atoms with van der Waals surface area (Å²) in [5.74, 6) is 0.614. The van der Waals surface area contributed by atoms with E-state index in [0.717, 1.165) is 5.56 Å². The van der Waals surface area contributed by atoms with Crippen LogP contribution in [0.25, 0.3) is 5.76 Å². The Bertz CT molecular complexity index is 601. The van der Waals surface area contributed by atoms with E-state index in [-0.39, 0.29) is 5.54 Å². The number of ether oxygens (including phenoxy) is 1. The van der Waals surface area contributed by atoms with E-state index < -0.39 is 5.72 Å². The molecule has 0 spiro atoms. The second kappa shape index (κ2) is 4.34. The Morgan fingerprint density at radius 1 is 1.30 bits per heavy atom. The van der Waals surface area contributed by atoms with Crippen molar-refractivity contribution < 1.29 is 9.57 Å². The van der Waals surface area contributed by atoms with E-state index >= 15 is 0 Å². The van der Waals surface area contributed by atoms with Gasteiger partial charge in [0.05, 0.1) is 12.1 Å². The van der Waals surface area contributed by atoms with Crippen LogP contribution in [-0.4, -0.2) is 22.9 Å². The molecule has 2 aliphatic heterocycles. The summed E-state index contributed by atoms with van der Waals surface area (Å²) in [6.45, 7) is 6.69. The standard InChI is InChI=1S/C16H18N2O2/c1-4-16-13(10-17)14(12-8-6-5-7-9-12)20-18(16)15(2,3)11-19-16/h5-9H,4,11H2,1-3H3. The van der Waals surface area contributed by atoms with Gasteiger partial charge in [0, 0.05) is 5.56 Å². The van der Waals surface area contributed by atoms with Gasteiger partial charge in [-0.15, -0.1) is 0 Å². The molecule has 1 aromatic carbocycles. The van der Waals surface area contributed by atoms with Crippen molar-refractivity contribution in [3.63, 3.8) is 0 Å². The van der Waals surface area contributed by atoms with E-state index in [0.29, 0.717) is 24.4 Å². The average Bonchev–Trinajstić information content (AvgIpc) is 2.93. The van der Waals surface area contributed by atoms with Crippen LogP contribution < -0.4 is 0 Å². The van der Waals surface area contributed by atoms with Crippen LogP contribution in [0.1, 0.15) is 32.8 Å². The summed E-state index contributed by atoms with van der Waals surface area (Å²) in [4.78, 5) is 6.05. The van der Waals surface area contributed by atoms with Gasteiger partial charge in [-0.1, -0.05) is 42.3 Å². The summed E-state index contributed by atoms with van der Waals surface area (Å²) in [6, 6.07) is 12.0. The molecule has 1 fully saturated rings. The number of hydrogen-bond donors (Lipinski definition) is 0. The smallest absolute Gasteiger partial charge is 0.193 e. The molecule has 104 valence electrons. The minimum absolute atomic E-state index is 0.255. The van der Waals surface area contributed by atoms with Gasteiger partial charge in [-0.05, 0) is 20.3 Å². The van der Waals surface area contributed by atoms with Crippen LogP contribution in [0.3, 0.4) is 0 Å². The number of nitrogens with zero attached hydrogens (tertiary/aromatic N) is 2. The van der Waals surface area contributed by atoms with Crippen molar-refractivity contribution in [1.29, 1.82) is 5.26 Å². The van der Waals surface area contributed by atoms with Crippen molar-refractivity contribution in [2.75, 3.05) is 6.61 Å². The number of hydroxylamine groups is 2. The lowest BCUT2D eigenvalue weighted by molar-refractivity contribution is -0.205. The topological polar surface area (TPSA) is 45.5 Å². The van der Waals surface area contributed by atoms with Gasteiger partial charge < -0.3 is 9.57 Å². The van der Waals surface area contributed by atoms with E-state index in [4.69, 9.17) is 9.57 Å². The molecular weight excluding hydrogens is 252 g/mol. The summed E-state index contributed by atoms with van der Waals surface area (Å²) >= 11 is 0. The highest BCUT2D eigenvalue weighted by Crippen LogP contribution is 2.50. The van der Waals surface area contributed by atoms with Crippen LogP contribution in [0.2, 0.25) is 0 Å². The second-order valence-electron chi connectivity index (χ2n) is 5.81. The molecule has 4 nitrogen and oxygen atoms in total. The first-order valence-electron chi connectivity index (χ1n) is 6.88. The van der Waals surface area contributed by atoms with Gasteiger partial charge in [-0.2, -0.15) is 5.26 Å². The predicted octanol–water partition coefficient (Wildman–Crippen LogP) is 3.08. The van der Waals surface area contributed by atoms with Gasteiger partial charge in [0.25, 0.3) is 0 Å². The highest BCUT2D eigenvalue weighted by Gasteiger charge is 2.60. The van der Waals surface area contributed by atoms with E-state index in [1.165, 1.54) is 0 Å². The molecule has 0 amide bonds. The number of hydrogen-bond acceptors (Lipinski definition) is 4. The third-order valence-electron chi connectivity index (χ3n) is 3.97. The molecular formula is C16H18N2O2. The van der Waals surface area contributed by atoms with Gasteiger partial charge in [-0.25, -0.2) is 0 Å². The SMILES string of the molecule is CCC12OCC(C)(C)N1OC(c1ccccc1)=C2C#N. The molecule has 0 N–H and O–H groups in total. The molecule has 3 rings (SSSR count). The van der Waals surface area contributed by atoms with Crippen LogP contribution in [-0.2, 0) is 9.57 Å². The molecule has 2 aliphatic rings. The third-order valence-corrected chi connectivity index (χ3v) is 3.97. The monoisotopic (exact) mass is 270 g/mol. The predicted molar refractivity (Wildman–Crippen MR) is 75.0 cm³/mol. The molecule has 20 heavy (non-hydrogen) atoms. The highest BCUT2D eigenvalue weighted by atomic mass is 16.8. The Hall–Kier alpha value is -1.83. The molecule has 2 heterocycles. The fraction of sp³-hybridized carbons (Fsp3) is 0.438. The summed E-state index contributed by atoms with van der Waals surface area (Å²) < 4.78 is 6.00. The zero-order valence-electron chi connectivity index (χ0n) is 12.0. The summed E-state index contributed by atoms with van der Waals surface area (Å²) in [7, 11) is 0. The maximum absolute atomic E-state index is 9.62. The molecule has 0 aliphatic carbocycles. The fourth-order valence-corrected chi connectivity index (χ4v) is 2.93. The first-order valence-corrected chi connectivity index (χ1v) is 6.88. The Morgan fingerprint density at radius 2 is 2.00 bits per heavy atom. The van der Waals surface area contributed by atoms with Crippen molar-refractivity contribution in [3.8, 4) is 6.07 Å². The Balaban J connectivity index is 2.15. The Labute approximate surface area is 119 Å². The maximum Gasteiger partial charge on any atom is 0.193 e. The number of rotatable bonds is 2. The second-order valence-corrected chi connectivity index (χ2v) is 5.81. The van der Waals surface area contributed by atoms with Crippen molar-refractivity contribution in [2.45, 2.75) is 38.5 Å². The van der Waals surface area contributed by atoms with Gasteiger partial charge in [0.15, 0.2) is 11.5 Å². The molecule has 1 atom stereocenters. The number of fused-ring (bicyclic) bond motifs is 1. The first-order chi connectivity index (χ1) is 9.55. The summed E-state index contributed by atoms with van der Waals surface area (Å²) in [5.41, 5.74) is 0.473. The molecule has 0 saturated carbocycles. The van der Waals surface area contributed by atoms with Crippen LogP contribution in [0.4, 0.5) is 0 Å². The van der Waals surface area contributed by atoms with Gasteiger partial charge >= 0.3 is 0 Å². The van der Waals surface area contributed by atoms with Crippen LogP contribution >= 0.6 is 0 Å². The molecule has 0 aromatic heterocycles. The number of nitriles is 1. The average molecular weight is 270 g/mol. The van der Waals surface area contributed by atoms with E-state index in [1.807, 2.05) is 42.3 Å². The lowest BCUT2D eigenvalue weighted by Gasteiger charge is -2.33. The Kier molecular flexibility index (Phi) is 2.86. The van der Waals surface area contributed by atoms with Crippen LogP contribution in [0.15, 0.2) is 35.9 Å². The highest BCUT2D eigenvalue weighted by molar-refractivity contribution is 5.70. The van der Waals surface area contributed by atoms with Crippen molar-refractivity contribution >= 4 is 5.76 Å². The molecule has 1 aromatic rings. The van der Waals surface area contributed by atoms with Gasteiger partial charge in [0.2, 0.25) is 0 Å². The molecule has 0 radical (unpaired) electrons. The Morgan fingerprint density at radius 3 is 2.60 bits per heavy atom. The third kappa shape index (κ3) is 1.60. The number of benzene rings is 1. The molecule has 1 saturated heterocycles. The normalized spacial score (nSPS) is 28.1. The van der Waals surface area contributed by atoms with Gasteiger partial charge in [0.1, 0.15) is 11.6 Å². The first kappa shape index (κ1) is 13.2. The van der Waals surface area contributed by atoms with Crippen molar-refractivity contribution in [2.24, 2.45) is 0 Å².